The van der Waals surface area contributed by atoms with Crippen molar-refractivity contribution >= 4 is 5.78 Å². The van der Waals surface area contributed by atoms with Crippen molar-refractivity contribution in [3.63, 3.8) is 0 Å². The molecule has 1 fully saturated rings. The normalized spacial score (nSPS) is 24.4. The summed E-state index contributed by atoms with van der Waals surface area (Å²) in [5.74, 6) is 0.826. The quantitative estimate of drug-likeness (QED) is 0.858. The number of aliphatic hydroxyl groups excluding tert-OH is 1. The molecule has 1 unspecified atom stereocenters. The Bertz CT molecular complexity index is 631. The Morgan fingerprint density at radius 1 is 1.00 bits per heavy atom. The molecule has 0 radical (unpaired) electrons. The molecule has 1 aliphatic rings. The number of aliphatic hydroxyl groups is 1. The maximum absolute atomic E-state index is 12.7. The van der Waals surface area contributed by atoms with Crippen LogP contribution in [0.3, 0.4) is 0 Å². The molecule has 0 saturated heterocycles. The van der Waals surface area contributed by atoms with Crippen LogP contribution in [0.1, 0.15) is 30.1 Å². The Hall–Kier alpha value is -1.93. The van der Waals surface area contributed by atoms with Crippen LogP contribution < -0.4 is 0 Å². The van der Waals surface area contributed by atoms with E-state index >= 15 is 0 Å². The summed E-state index contributed by atoms with van der Waals surface area (Å²) in [6.07, 6.45) is 1.85. The monoisotopic (exact) mass is 294 g/mol. The van der Waals surface area contributed by atoms with Crippen molar-refractivity contribution in [3.8, 4) is 11.1 Å². The SMILES string of the molecule is C[C@@H]1C(C(=O)c2ccc(-c3ccccc3)cc2)CC[C@H]1CO. The largest absolute Gasteiger partial charge is 0.396 e. The Morgan fingerprint density at radius 3 is 2.23 bits per heavy atom. The number of carbonyl (C=O) groups excluding carboxylic acids is 1. The highest BCUT2D eigenvalue weighted by Crippen LogP contribution is 2.38. The topological polar surface area (TPSA) is 37.3 Å². The van der Waals surface area contributed by atoms with Crippen LogP contribution in [0, 0.1) is 17.8 Å². The van der Waals surface area contributed by atoms with Gasteiger partial charge in [-0.1, -0.05) is 61.5 Å². The van der Waals surface area contributed by atoms with Crippen LogP contribution in [0.25, 0.3) is 11.1 Å². The lowest BCUT2D eigenvalue weighted by molar-refractivity contribution is 0.0875. The third-order valence-electron chi connectivity index (χ3n) is 5.07. The fourth-order valence-corrected chi connectivity index (χ4v) is 3.55. The van der Waals surface area contributed by atoms with Gasteiger partial charge >= 0.3 is 0 Å². The third-order valence-corrected chi connectivity index (χ3v) is 5.07. The number of carbonyl (C=O) groups is 1. The summed E-state index contributed by atoms with van der Waals surface area (Å²) in [4.78, 5) is 12.7. The average Bonchev–Trinajstić information content (AvgIpc) is 2.96. The summed E-state index contributed by atoms with van der Waals surface area (Å²) in [7, 11) is 0. The van der Waals surface area contributed by atoms with E-state index in [1.54, 1.807) is 0 Å². The highest BCUT2D eigenvalue weighted by Gasteiger charge is 2.36. The minimum Gasteiger partial charge on any atom is -0.396 e. The first kappa shape index (κ1) is 15.0. The number of rotatable bonds is 4. The lowest BCUT2D eigenvalue weighted by Gasteiger charge is -2.18. The highest BCUT2D eigenvalue weighted by molar-refractivity contribution is 5.98. The molecule has 1 saturated carbocycles. The van der Waals surface area contributed by atoms with Crippen molar-refractivity contribution in [2.75, 3.05) is 6.61 Å². The fraction of sp³-hybridized carbons (Fsp3) is 0.350. The van der Waals surface area contributed by atoms with Crippen molar-refractivity contribution in [2.45, 2.75) is 19.8 Å². The Morgan fingerprint density at radius 2 is 1.64 bits per heavy atom. The first-order chi connectivity index (χ1) is 10.7. The number of hydrogen-bond acceptors (Lipinski definition) is 2. The predicted molar refractivity (Wildman–Crippen MR) is 88.7 cm³/mol. The summed E-state index contributed by atoms with van der Waals surface area (Å²) in [6, 6.07) is 18.1. The molecule has 0 aliphatic heterocycles. The van der Waals surface area contributed by atoms with Gasteiger partial charge in [0.05, 0.1) is 0 Å². The molecule has 1 N–H and O–H groups in total. The summed E-state index contributed by atoms with van der Waals surface area (Å²) in [5.41, 5.74) is 3.08. The average molecular weight is 294 g/mol. The summed E-state index contributed by atoms with van der Waals surface area (Å²) < 4.78 is 0. The van der Waals surface area contributed by atoms with E-state index in [0.29, 0.717) is 0 Å². The summed E-state index contributed by atoms with van der Waals surface area (Å²) in [5, 5.41) is 9.36. The molecule has 0 bridgehead atoms. The van der Waals surface area contributed by atoms with Crippen LogP contribution in [0.5, 0.6) is 0 Å². The van der Waals surface area contributed by atoms with Crippen LogP contribution >= 0.6 is 0 Å². The van der Waals surface area contributed by atoms with Crippen LogP contribution in [-0.4, -0.2) is 17.5 Å². The smallest absolute Gasteiger partial charge is 0.166 e. The molecule has 22 heavy (non-hydrogen) atoms. The van der Waals surface area contributed by atoms with Gasteiger partial charge in [0.25, 0.3) is 0 Å². The molecule has 2 heteroatoms. The summed E-state index contributed by atoms with van der Waals surface area (Å²) in [6.45, 7) is 2.28. The van der Waals surface area contributed by atoms with E-state index in [0.717, 1.165) is 29.5 Å². The second-order valence-electron chi connectivity index (χ2n) is 6.29. The summed E-state index contributed by atoms with van der Waals surface area (Å²) >= 11 is 0. The van der Waals surface area contributed by atoms with Crippen molar-refractivity contribution in [3.05, 3.63) is 60.2 Å². The lowest BCUT2D eigenvalue weighted by atomic mass is 9.86. The van der Waals surface area contributed by atoms with Crippen LogP contribution in [0.4, 0.5) is 0 Å². The van der Waals surface area contributed by atoms with E-state index in [-0.39, 0.29) is 30.1 Å². The maximum atomic E-state index is 12.7. The van der Waals surface area contributed by atoms with Gasteiger partial charge in [-0.3, -0.25) is 4.79 Å². The van der Waals surface area contributed by atoms with E-state index in [9.17, 15) is 9.90 Å². The molecule has 0 amide bonds. The van der Waals surface area contributed by atoms with Gasteiger partial charge in [-0.25, -0.2) is 0 Å². The molecular weight excluding hydrogens is 272 g/mol. The van der Waals surface area contributed by atoms with Gasteiger partial charge < -0.3 is 5.11 Å². The number of hydrogen-bond donors (Lipinski definition) is 1. The molecule has 0 spiro atoms. The fourth-order valence-electron chi connectivity index (χ4n) is 3.55. The van der Waals surface area contributed by atoms with Crippen molar-refractivity contribution in [1.29, 1.82) is 0 Å². The molecule has 0 aromatic heterocycles. The third kappa shape index (κ3) is 2.84. The molecule has 1 aliphatic carbocycles. The van der Waals surface area contributed by atoms with E-state index in [4.69, 9.17) is 0 Å². The molecule has 3 rings (SSSR count). The van der Waals surface area contributed by atoms with Crippen LogP contribution in [0.15, 0.2) is 54.6 Å². The van der Waals surface area contributed by atoms with Crippen molar-refractivity contribution < 1.29 is 9.90 Å². The predicted octanol–water partition coefficient (Wildman–Crippen LogP) is 4.19. The van der Waals surface area contributed by atoms with Gasteiger partial charge in [0.2, 0.25) is 0 Å². The molecule has 0 heterocycles. The van der Waals surface area contributed by atoms with Crippen LogP contribution in [-0.2, 0) is 0 Å². The van der Waals surface area contributed by atoms with E-state index < -0.39 is 0 Å². The van der Waals surface area contributed by atoms with E-state index in [1.165, 1.54) is 0 Å². The van der Waals surface area contributed by atoms with Gasteiger partial charge in [0, 0.05) is 18.1 Å². The van der Waals surface area contributed by atoms with Gasteiger partial charge in [0.15, 0.2) is 5.78 Å². The van der Waals surface area contributed by atoms with Crippen molar-refractivity contribution in [2.24, 2.45) is 17.8 Å². The highest BCUT2D eigenvalue weighted by atomic mass is 16.3. The second-order valence-corrected chi connectivity index (χ2v) is 6.29. The van der Waals surface area contributed by atoms with Gasteiger partial charge in [0.1, 0.15) is 0 Å². The van der Waals surface area contributed by atoms with Gasteiger partial charge in [-0.15, -0.1) is 0 Å². The zero-order chi connectivity index (χ0) is 15.5. The Labute approximate surface area is 131 Å². The number of ketones is 1. The minimum atomic E-state index is 0.0553. The second kappa shape index (κ2) is 6.45. The molecule has 114 valence electrons. The van der Waals surface area contributed by atoms with E-state index in [2.05, 4.69) is 19.1 Å². The minimum absolute atomic E-state index is 0.0553. The first-order valence-corrected chi connectivity index (χ1v) is 8.01. The van der Waals surface area contributed by atoms with Crippen molar-refractivity contribution in [1.82, 2.24) is 0 Å². The zero-order valence-electron chi connectivity index (χ0n) is 12.9. The number of Topliss-reactive ketones (excluding diaryl/α,β-unsaturated/α-hetero) is 1. The first-order valence-electron chi connectivity index (χ1n) is 8.01. The molecular formula is C20H22O2. The zero-order valence-corrected chi connectivity index (χ0v) is 12.9. The maximum Gasteiger partial charge on any atom is 0.166 e. The molecule has 2 aromatic rings. The Kier molecular flexibility index (Phi) is 4.39. The Balaban J connectivity index is 1.77. The molecule has 3 atom stereocenters. The molecule has 2 aromatic carbocycles. The van der Waals surface area contributed by atoms with Crippen LogP contribution in [0.2, 0.25) is 0 Å². The lowest BCUT2D eigenvalue weighted by Crippen LogP contribution is -2.21. The van der Waals surface area contributed by atoms with E-state index in [1.807, 2.05) is 42.5 Å². The number of benzene rings is 2. The molecule has 2 nitrogen and oxygen atoms in total. The van der Waals surface area contributed by atoms with Gasteiger partial charge in [-0.05, 0) is 35.8 Å². The standard InChI is InChI=1S/C20H22O2/c1-14-18(13-21)11-12-19(14)20(22)17-9-7-16(8-10-17)15-5-3-2-4-6-15/h2-10,14,18-19,21H,11-13H2,1H3/t14-,18-,19?/m0/s1. The van der Waals surface area contributed by atoms with Gasteiger partial charge in [-0.2, -0.15) is 0 Å².